The molecule has 3 aromatic carbocycles. The predicted molar refractivity (Wildman–Crippen MR) is 139 cm³/mol. The number of nitrogens with zero attached hydrogens (tertiary/aromatic N) is 3. The molecule has 0 unspecified atom stereocenters. The first kappa shape index (κ1) is 23.7. The van der Waals surface area contributed by atoms with E-state index in [9.17, 15) is 14.0 Å². The van der Waals surface area contributed by atoms with Gasteiger partial charge >= 0.3 is 0 Å². The van der Waals surface area contributed by atoms with Crippen LogP contribution in [0.1, 0.15) is 30.0 Å². The quantitative estimate of drug-likeness (QED) is 0.512. The first-order valence-electron chi connectivity index (χ1n) is 11.4. The molecule has 2 aliphatic rings. The van der Waals surface area contributed by atoms with Gasteiger partial charge in [0.25, 0.3) is 5.91 Å². The number of rotatable bonds is 6. The summed E-state index contributed by atoms with van der Waals surface area (Å²) in [7, 11) is 1.53. The molecule has 3 aromatic rings. The highest BCUT2D eigenvalue weighted by molar-refractivity contribution is 8.15. The maximum absolute atomic E-state index is 13.6. The molecule has 2 atom stereocenters. The molecule has 0 radical (unpaired) electrons. The van der Waals surface area contributed by atoms with E-state index in [1.54, 1.807) is 35.3 Å². The van der Waals surface area contributed by atoms with Crippen LogP contribution in [-0.4, -0.2) is 40.1 Å². The van der Waals surface area contributed by atoms with E-state index in [0.29, 0.717) is 23.0 Å². The van der Waals surface area contributed by atoms with Crippen LogP contribution in [0, 0.1) is 5.82 Å². The average molecular weight is 503 g/mol. The van der Waals surface area contributed by atoms with Crippen molar-refractivity contribution in [2.45, 2.75) is 24.1 Å². The van der Waals surface area contributed by atoms with E-state index in [4.69, 9.17) is 9.84 Å². The molecule has 36 heavy (non-hydrogen) atoms. The summed E-state index contributed by atoms with van der Waals surface area (Å²) < 4.78 is 18.9. The molecule has 7 nitrogen and oxygen atoms in total. The van der Waals surface area contributed by atoms with E-state index < -0.39 is 5.25 Å². The van der Waals surface area contributed by atoms with Crippen molar-refractivity contribution in [2.75, 3.05) is 12.4 Å². The van der Waals surface area contributed by atoms with E-state index in [1.807, 2.05) is 36.4 Å². The molecule has 1 N–H and O–H groups in total. The Morgan fingerprint density at radius 1 is 1.08 bits per heavy atom. The largest absolute Gasteiger partial charge is 0.495 e. The van der Waals surface area contributed by atoms with Gasteiger partial charge in [-0.15, -0.1) is 0 Å². The highest BCUT2D eigenvalue weighted by atomic mass is 32.2. The van der Waals surface area contributed by atoms with Crippen LogP contribution >= 0.6 is 11.8 Å². The molecule has 182 valence electrons. The van der Waals surface area contributed by atoms with Gasteiger partial charge in [0.1, 0.15) is 16.8 Å². The first-order valence-corrected chi connectivity index (χ1v) is 12.3. The van der Waals surface area contributed by atoms with Crippen LogP contribution in [0.2, 0.25) is 0 Å². The van der Waals surface area contributed by atoms with Crippen molar-refractivity contribution in [3.05, 3.63) is 95.8 Å². The first-order chi connectivity index (χ1) is 17.5. The Morgan fingerprint density at radius 3 is 2.56 bits per heavy atom. The summed E-state index contributed by atoms with van der Waals surface area (Å²) in [5.74, 6) is -0.482. The molecule has 0 aromatic heterocycles. The van der Waals surface area contributed by atoms with Gasteiger partial charge in [-0.2, -0.15) is 10.1 Å². The Balaban J connectivity index is 1.34. The summed E-state index contributed by atoms with van der Waals surface area (Å²) in [6.07, 6.45) is 0.529. The summed E-state index contributed by atoms with van der Waals surface area (Å²) in [6, 6.07) is 22.9. The maximum Gasteiger partial charge on any atom is 0.262 e. The minimum absolute atomic E-state index is 0.0428. The zero-order valence-corrected chi connectivity index (χ0v) is 20.2. The number of hydrogen-bond acceptors (Lipinski definition) is 6. The number of carbonyl (C=O) groups is 2. The van der Waals surface area contributed by atoms with Crippen molar-refractivity contribution >= 4 is 40.1 Å². The highest BCUT2D eigenvalue weighted by Crippen LogP contribution is 2.38. The smallest absolute Gasteiger partial charge is 0.262 e. The molecule has 2 amide bonds. The lowest BCUT2D eigenvalue weighted by atomic mass is 9.99. The van der Waals surface area contributed by atoms with Gasteiger partial charge in [-0.25, -0.2) is 9.40 Å². The second-order valence-electron chi connectivity index (χ2n) is 8.32. The van der Waals surface area contributed by atoms with Crippen molar-refractivity contribution in [3.63, 3.8) is 0 Å². The number of methoxy groups -OCH3 is 1. The van der Waals surface area contributed by atoms with Crippen molar-refractivity contribution < 1.29 is 18.7 Å². The van der Waals surface area contributed by atoms with Crippen LogP contribution in [0.25, 0.3) is 0 Å². The van der Waals surface area contributed by atoms with Crippen molar-refractivity contribution in [2.24, 2.45) is 10.1 Å². The number of hydrogen-bond donors (Lipinski definition) is 1. The molecule has 2 aliphatic heterocycles. The van der Waals surface area contributed by atoms with Crippen LogP contribution in [0.3, 0.4) is 0 Å². The number of hydrazone groups is 1. The van der Waals surface area contributed by atoms with Crippen molar-refractivity contribution in [1.82, 2.24) is 5.01 Å². The van der Waals surface area contributed by atoms with E-state index in [1.165, 1.54) is 31.0 Å². The summed E-state index contributed by atoms with van der Waals surface area (Å²) >= 11 is 1.22. The average Bonchev–Trinajstić information content (AvgIpc) is 3.49. The SMILES string of the molecule is COc1ccccc1NC(=O)C[C@@H]1SC(N2N=C(c3ccccc3)C[C@H]2c2ccc(F)cc2)=NC1=O. The van der Waals surface area contributed by atoms with Gasteiger partial charge < -0.3 is 10.1 Å². The number of anilines is 1. The summed E-state index contributed by atoms with van der Waals surface area (Å²) in [5, 5.41) is 9.08. The van der Waals surface area contributed by atoms with Crippen LogP contribution in [-0.2, 0) is 9.59 Å². The third-order valence-corrected chi connectivity index (χ3v) is 7.09. The Morgan fingerprint density at radius 2 is 1.81 bits per heavy atom. The topological polar surface area (TPSA) is 83.4 Å². The number of para-hydroxylation sites is 2. The number of benzene rings is 3. The maximum atomic E-state index is 13.6. The van der Waals surface area contributed by atoms with Gasteiger partial charge in [-0.1, -0.05) is 66.4 Å². The van der Waals surface area contributed by atoms with Gasteiger partial charge in [0.2, 0.25) is 5.91 Å². The molecule has 0 bridgehead atoms. The summed E-state index contributed by atoms with van der Waals surface area (Å²) in [6.45, 7) is 0. The molecule has 0 fully saturated rings. The zero-order chi connectivity index (χ0) is 25.1. The number of ether oxygens (including phenoxy) is 1. The van der Waals surface area contributed by atoms with Crippen molar-refractivity contribution in [1.29, 1.82) is 0 Å². The standard InChI is InChI=1S/C27H23FN4O3S/c1-35-23-10-6-5-9-20(23)29-25(33)16-24-26(34)30-27(36-24)32-22(18-11-13-19(28)14-12-18)15-21(31-32)17-7-3-2-4-8-17/h2-14,22,24H,15-16H2,1H3,(H,29,33)/t22-,24-/m0/s1. The third kappa shape index (κ3) is 5.01. The number of amides is 2. The zero-order valence-electron chi connectivity index (χ0n) is 19.4. The van der Waals surface area contributed by atoms with Gasteiger partial charge in [-0.05, 0) is 35.4 Å². The van der Waals surface area contributed by atoms with Crippen molar-refractivity contribution in [3.8, 4) is 5.75 Å². The minimum atomic E-state index is -0.667. The molecule has 0 saturated carbocycles. The predicted octanol–water partition coefficient (Wildman–Crippen LogP) is 5.01. The third-order valence-electron chi connectivity index (χ3n) is 5.95. The Bertz CT molecular complexity index is 1340. The van der Waals surface area contributed by atoms with E-state index in [-0.39, 0.29) is 30.1 Å². The number of amidine groups is 1. The van der Waals surface area contributed by atoms with Crippen LogP contribution in [0.5, 0.6) is 5.75 Å². The molecule has 2 heterocycles. The molecule has 0 spiro atoms. The van der Waals surface area contributed by atoms with Gasteiger partial charge in [-0.3, -0.25) is 9.59 Å². The fourth-order valence-corrected chi connectivity index (χ4v) is 5.22. The number of aliphatic imine (C=N–C) groups is 1. The Hall–Kier alpha value is -3.98. The fraction of sp³-hybridized carbons (Fsp3) is 0.185. The fourth-order valence-electron chi connectivity index (χ4n) is 4.16. The van der Waals surface area contributed by atoms with Crippen LogP contribution < -0.4 is 10.1 Å². The lowest BCUT2D eigenvalue weighted by Gasteiger charge is -2.23. The minimum Gasteiger partial charge on any atom is -0.495 e. The number of thioether (sulfide) groups is 1. The Labute approximate surface area is 212 Å². The van der Waals surface area contributed by atoms with E-state index >= 15 is 0 Å². The normalized spacial score (nSPS) is 19.2. The summed E-state index contributed by atoms with van der Waals surface area (Å²) in [4.78, 5) is 29.7. The van der Waals surface area contributed by atoms with E-state index in [2.05, 4.69) is 10.3 Å². The number of nitrogens with one attached hydrogen (secondary N) is 1. The molecular formula is C27H23FN4O3S. The lowest BCUT2D eigenvalue weighted by molar-refractivity contribution is -0.121. The number of halogens is 1. The molecular weight excluding hydrogens is 479 g/mol. The highest BCUT2D eigenvalue weighted by Gasteiger charge is 2.39. The van der Waals surface area contributed by atoms with Crippen LogP contribution in [0.4, 0.5) is 10.1 Å². The monoisotopic (exact) mass is 502 g/mol. The Kier molecular flexibility index (Phi) is 6.81. The second-order valence-corrected chi connectivity index (χ2v) is 9.49. The second kappa shape index (κ2) is 10.3. The molecule has 9 heteroatoms. The summed E-state index contributed by atoms with van der Waals surface area (Å²) in [5.41, 5.74) is 3.21. The van der Waals surface area contributed by atoms with Gasteiger partial charge in [0, 0.05) is 12.8 Å². The van der Waals surface area contributed by atoms with E-state index in [0.717, 1.165) is 16.8 Å². The van der Waals surface area contributed by atoms with Gasteiger partial charge in [0.05, 0.1) is 24.6 Å². The van der Waals surface area contributed by atoms with Crippen LogP contribution in [0.15, 0.2) is 89.0 Å². The molecule has 0 saturated heterocycles. The molecule has 5 rings (SSSR count). The molecule has 0 aliphatic carbocycles. The lowest BCUT2D eigenvalue weighted by Crippen LogP contribution is -2.25. The van der Waals surface area contributed by atoms with Gasteiger partial charge in [0.15, 0.2) is 5.17 Å². The number of carbonyl (C=O) groups excluding carboxylic acids is 2.